The highest BCUT2D eigenvalue weighted by atomic mass is 35.5. The second kappa shape index (κ2) is 8.37. The summed E-state index contributed by atoms with van der Waals surface area (Å²) in [5.74, 6) is 0.0212. The number of hydrogen-bond donors (Lipinski definition) is 1. The Hall–Kier alpha value is -2.31. The number of rotatable bonds is 3. The third-order valence-electron chi connectivity index (χ3n) is 5.65. The molecule has 2 fully saturated rings. The van der Waals surface area contributed by atoms with Crippen LogP contribution in [0.25, 0.3) is 0 Å². The van der Waals surface area contributed by atoms with Gasteiger partial charge in [-0.3, -0.25) is 9.69 Å². The summed E-state index contributed by atoms with van der Waals surface area (Å²) >= 11 is 6.13. The van der Waals surface area contributed by atoms with Gasteiger partial charge in [-0.05, 0) is 43.2 Å². The largest absolute Gasteiger partial charge is 0.506 e. The van der Waals surface area contributed by atoms with E-state index in [1.807, 2.05) is 23.1 Å². The topological polar surface area (TPSA) is 59.9 Å². The van der Waals surface area contributed by atoms with E-state index in [0.717, 1.165) is 57.1 Å². The summed E-state index contributed by atoms with van der Waals surface area (Å²) in [6, 6.07) is 11.5. The highest BCUT2D eigenvalue weighted by molar-refractivity contribution is 6.30. The van der Waals surface area contributed by atoms with Crippen LogP contribution in [0.4, 0.5) is 5.69 Å². The van der Waals surface area contributed by atoms with Gasteiger partial charge in [-0.1, -0.05) is 17.7 Å². The van der Waals surface area contributed by atoms with Gasteiger partial charge < -0.3 is 14.9 Å². The predicted molar refractivity (Wildman–Crippen MR) is 110 cm³/mol. The molecule has 0 aliphatic carbocycles. The minimum atomic E-state index is -0.0535. The van der Waals surface area contributed by atoms with Crippen LogP contribution in [0, 0.1) is 0 Å². The van der Waals surface area contributed by atoms with E-state index in [-0.39, 0.29) is 11.7 Å². The fourth-order valence-corrected chi connectivity index (χ4v) is 4.31. The Morgan fingerprint density at radius 3 is 2.64 bits per heavy atom. The summed E-state index contributed by atoms with van der Waals surface area (Å²) in [7, 11) is 0. The van der Waals surface area contributed by atoms with Crippen molar-refractivity contribution in [2.24, 2.45) is 0 Å². The van der Waals surface area contributed by atoms with Gasteiger partial charge in [0.05, 0.1) is 6.20 Å². The third kappa shape index (κ3) is 4.23. The zero-order valence-electron chi connectivity index (χ0n) is 15.8. The maximum Gasteiger partial charge on any atom is 0.272 e. The van der Waals surface area contributed by atoms with E-state index in [9.17, 15) is 9.90 Å². The van der Waals surface area contributed by atoms with Crippen LogP contribution in [0.3, 0.4) is 0 Å². The number of likely N-dealkylation sites (tertiary alicyclic amines) is 1. The SMILES string of the molecule is O=C(c1ccc(O)cn1)N1CCC[C@H](N2CCN(c3cccc(Cl)c3)CC2)C1. The molecule has 2 aliphatic rings. The van der Waals surface area contributed by atoms with Crippen molar-refractivity contribution in [1.82, 2.24) is 14.8 Å². The molecule has 0 bridgehead atoms. The van der Waals surface area contributed by atoms with Crippen LogP contribution < -0.4 is 4.90 Å². The molecule has 3 heterocycles. The molecule has 1 aromatic carbocycles. The van der Waals surface area contributed by atoms with Crippen molar-refractivity contribution < 1.29 is 9.90 Å². The average molecular weight is 401 g/mol. The lowest BCUT2D eigenvalue weighted by Crippen LogP contribution is -2.56. The predicted octanol–water partition coefficient (Wildman–Crippen LogP) is 2.87. The number of aromatic nitrogens is 1. The first-order chi connectivity index (χ1) is 13.6. The lowest BCUT2D eigenvalue weighted by atomic mass is 10.0. The first-order valence-corrected chi connectivity index (χ1v) is 10.2. The number of benzene rings is 1. The van der Waals surface area contributed by atoms with Crippen molar-refractivity contribution in [3.05, 3.63) is 53.3 Å². The fraction of sp³-hybridized carbons (Fsp3) is 0.429. The molecule has 7 heteroatoms. The molecule has 0 saturated carbocycles. The van der Waals surface area contributed by atoms with Crippen molar-refractivity contribution in [1.29, 1.82) is 0 Å². The van der Waals surface area contributed by atoms with Crippen molar-refractivity contribution in [2.75, 3.05) is 44.2 Å². The van der Waals surface area contributed by atoms with Crippen LogP contribution in [0.15, 0.2) is 42.6 Å². The van der Waals surface area contributed by atoms with Gasteiger partial charge in [0.25, 0.3) is 5.91 Å². The summed E-state index contributed by atoms with van der Waals surface area (Å²) in [5, 5.41) is 10.1. The van der Waals surface area contributed by atoms with Crippen LogP contribution in [-0.2, 0) is 0 Å². The second-order valence-electron chi connectivity index (χ2n) is 7.45. The van der Waals surface area contributed by atoms with E-state index in [0.29, 0.717) is 11.7 Å². The van der Waals surface area contributed by atoms with Gasteiger partial charge in [-0.25, -0.2) is 4.98 Å². The zero-order valence-corrected chi connectivity index (χ0v) is 16.6. The van der Waals surface area contributed by atoms with E-state index in [2.05, 4.69) is 20.9 Å². The minimum Gasteiger partial charge on any atom is -0.506 e. The smallest absolute Gasteiger partial charge is 0.272 e. The van der Waals surface area contributed by atoms with Gasteiger partial charge in [0.1, 0.15) is 11.4 Å². The number of pyridine rings is 1. The maximum absolute atomic E-state index is 12.8. The number of nitrogens with zero attached hydrogens (tertiary/aromatic N) is 4. The number of piperazine rings is 1. The van der Waals surface area contributed by atoms with Crippen molar-refractivity contribution in [3.63, 3.8) is 0 Å². The Bertz CT molecular complexity index is 821. The van der Waals surface area contributed by atoms with Gasteiger partial charge in [-0.15, -0.1) is 0 Å². The summed E-state index contributed by atoms with van der Waals surface area (Å²) < 4.78 is 0. The molecule has 4 rings (SSSR count). The van der Waals surface area contributed by atoms with E-state index in [1.54, 1.807) is 6.07 Å². The fourth-order valence-electron chi connectivity index (χ4n) is 4.13. The van der Waals surface area contributed by atoms with Crippen molar-refractivity contribution in [3.8, 4) is 5.75 Å². The standard InChI is InChI=1S/C21H25ClN4O2/c22-16-3-1-4-17(13-16)24-9-11-25(12-10-24)18-5-2-8-26(15-18)21(28)20-7-6-19(27)14-23-20/h1,3-4,6-7,13-14,18,27H,2,5,8-12,15H2/t18-/m0/s1. The Morgan fingerprint density at radius 2 is 1.93 bits per heavy atom. The second-order valence-corrected chi connectivity index (χ2v) is 7.89. The molecular weight excluding hydrogens is 376 g/mol. The molecule has 2 saturated heterocycles. The first kappa shape index (κ1) is 19.0. The minimum absolute atomic E-state index is 0.0535. The summed E-state index contributed by atoms with van der Waals surface area (Å²) in [5.41, 5.74) is 1.57. The van der Waals surface area contributed by atoms with Crippen LogP contribution in [0.1, 0.15) is 23.3 Å². The Kier molecular flexibility index (Phi) is 5.69. The molecule has 0 unspecified atom stereocenters. The van der Waals surface area contributed by atoms with Gasteiger partial charge >= 0.3 is 0 Å². The molecule has 1 atom stereocenters. The number of anilines is 1. The molecule has 1 aromatic heterocycles. The summed E-state index contributed by atoms with van der Waals surface area (Å²) in [6.45, 7) is 5.39. The first-order valence-electron chi connectivity index (χ1n) is 9.79. The molecular formula is C21H25ClN4O2. The van der Waals surface area contributed by atoms with E-state index < -0.39 is 0 Å². The average Bonchev–Trinajstić information content (AvgIpc) is 2.74. The number of halogens is 1. The monoisotopic (exact) mass is 400 g/mol. The lowest BCUT2D eigenvalue weighted by molar-refractivity contribution is 0.0558. The van der Waals surface area contributed by atoms with Crippen molar-refractivity contribution in [2.45, 2.75) is 18.9 Å². The summed E-state index contributed by atoms with van der Waals surface area (Å²) in [4.78, 5) is 23.6. The quantitative estimate of drug-likeness (QED) is 0.858. The summed E-state index contributed by atoms with van der Waals surface area (Å²) in [6.07, 6.45) is 3.44. The highest BCUT2D eigenvalue weighted by Gasteiger charge is 2.30. The Labute approximate surface area is 170 Å². The molecule has 6 nitrogen and oxygen atoms in total. The van der Waals surface area contributed by atoms with E-state index in [1.165, 1.54) is 18.0 Å². The van der Waals surface area contributed by atoms with Crippen LogP contribution in [0.2, 0.25) is 5.02 Å². The number of carbonyl (C=O) groups excluding carboxylic acids is 1. The number of amides is 1. The highest BCUT2D eigenvalue weighted by Crippen LogP contribution is 2.24. The van der Waals surface area contributed by atoms with E-state index >= 15 is 0 Å². The van der Waals surface area contributed by atoms with Gasteiger partial charge in [0.2, 0.25) is 0 Å². The molecule has 148 valence electrons. The molecule has 1 amide bonds. The lowest BCUT2D eigenvalue weighted by Gasteiger charge is -2.43. The molecule has 28 heavy (non-hydrogen) atoms. The van der Waals surface area contributed by atoms with Crippen molar-refractivity contribution >= 4 is 23.2 Å². The van der Waals surface area contributed by atoms with Gasteiger partial charge in [0.15, 0.2) is 0 Å². The normalized spacial score (nSPS) is 21.0. The van der Waals surface area contributed by atoms with Gasteiger partial charge in [-0.2, -0.15) is 0 Å². The zero-order chi connectivity index (χ0) is 19.5. The number of aromatic hydroxyl groups is 1. The Morgan fingerprint density at radius 1 is 1.11 bits per heavy atom. The maximum atomic E-state index is 12.8. The van der Waals surface area contributed by atoms with Crippen LogP contribution >= 0.6 is 11.6 Å². The number of hydrogen-bond acceptors (Lipinski definition) is 5. The molecule has 0 spiro atoms. The van der Waals surface area contributed by atoms with Crippen LogP contribution in [0.5, 0.6) is 5.75 Å². The molecule has 0 radical (unpaired) electrons. The third-order valence-corrected chi connectivity index (χ3v) is 5.89. The van der Waals surface area contributed by atoms with E-state index in [4.69, 9.17) is 11.6 Å². The van der Waals surface area contributed by atoms with Crippen LogP contribution in [-0.4, -0.2) is 71.1 Å². The number of piperidine rings is 1. The van der Waals surface area contributed by atoms with Gasteiger partial charge in [0, 0.05) is 56.0 Å². The molecule has 1 N–H and O–H groups in total. The number of carbonyl (C=O) groups is 1. The Balaban J connectivity index is 1.35. The molecule has 2 aliphatic heterocycles. The molecule has 2 aromatic rings.